The number of carbonyl (C=O) groups is 1. The number of amides is 1. The summed E-state index contributed by atoms with van der Waals surface area (Å²) in [5.41, 5.74) is 6.78. The highest BCUT2D eigenvalue weighted by molar-refractivity contribution is 6.31. The van der Waals surface area contributed by atoms with Crippen molar-refractivity contribution in [2.24, 2.45) is 5.10 Å². The highest BCUT2D eigenvalue weighted by atomic mass is 35.5. The predicted molar refractivity (Wildman–Crippen MR) is 104 cm³/mol. The maximum absolute atomic E-state index is 12.0. The van der Waals surface area contributed by atoms with E-state index in [9.17, 15) is 4.79 Å². The summed E-state index contributed by atoms with van der Waals surface area (Å²) in [7, 11) is 0. The van der Waals surface area contributed by atoms with E-state index in [2.05, 4.69) is 15.6 Å². The van der Waals surface area contributed by atoms with E-state index in [4.69, 9.17) is 11.6 Å². The van der Waals surface area contributed by atoms with Gasteiger partial charge < -0.3 is 0 Å². The largest absolute Gasteiger partial charge is 0.271 e. The fourth-order valence-corrected chi connectivity index (χ4v) is 2.84. The first-order valence-electron chi connectivity index (χ1n) is 8.22. The minimum absolute atomic E-state index is 0.249. The first kappa shape index (κ1) is 17.9. The second-order valence-electron chi connectivity index (χ2n) is 5.90. The number of carbonyl (C=O) groups excluding carboxylic acids is 1. The van der Waals surface area contributed by atoms with Gasteiger partial charge in [0.2, 0.25) is 0 Å². The van der Waals surface area contributed by atoms with Crippen LogP contribution in [0.3, 0.4) is 0 Å². The normalized spacial score (nSPS) is 11.0. The Balaban J connectivity index is 1.74. The van der Waals surface area contributed by atoms with Crippen LogP contribution in [-0.4, -0.2) is 21.9 Å². The summed E-state index contributed by atoms with van der Waals surface area (Å²) in [5.74, 6) is -0.249. The Morgan fingerprint density at radius 2 is 1.85 bits per heavy atom. The third kappa shape index (κ3) is 4.00. The lowest BCUT2D eigenvalue weighted by molar-refractivity contribution is 0.0955. The fourth-order valence-electron chi connectivity index (χ4n) is 2.65. The van der Waals surface area contributed by atoms with Crippen molar-refractivity contribution in [1.29, 1.82) is 0 Å². The zero-order valence-corrected chi connectivity index (χ0v) is 15.4. The van der Waals surface area contributed by atoms with Gasteiger partial charge in [0.15, 0.2) is 0 Å². The van der Waals surface area contributed by atoms with Crippen molar-refractivity contribution in [3.8, 4) is 0 Å². The molecule has 1 N–H and O–H groups in total. The van der Waals surface area contributed by atoms with Gasteiger partial charge in [-0.2, -0.15) is 10.2 Å². The number of nitrogens with zero attached hydrogens (tertiary/aromatic N) is 3. The lowest BCUT2D eigenvalue weighted by Gasteiger charge is -2.06. The van der Waals surface area contributed by atoms with Crippen LogP contribution in [0.15, 0.2) is 59.7 Å². The van der Waals surface area contributed by atoms with Crippen LogP contribution in [-0.2, 0) is 6.54 Å². The topological polar surface area (TPSA) is 59.3 Å². The average molecular weight is 367 g/mol. The first-order chi connectivity index (χ1) is 12.6. The zero-order valence-electron chi connectivity index (χ0n) is 14.6. The van der Waals surface area contributed by atoms with Crippen LogP contribution >= 0.6 is 11.6 Å². The molecular formula is C20H19ClN4O. The van der Waals surface area contributed by atoms with E-state index < -0.39 is 0 Å². The Labute approximate surface area is 157 Å². The SMILES string of the molecule is Cc1nn(Cc2ccccc2Cl)c(C)c1/C=N\NC(=O)c1ccccc1. The van der Waals surface area contributed by atoms with Crippen molar-refractivity contribution >= 4 is 23.7 Å². The number of hydrogen-bond acceptors (Lipinski definition) is 3. The van der Waals surface area contributed by atoms with Crippen LogP contribution in [0.4, 0.5) is 0 Å². The minimum atomic E-state index is -0.249. The smallest absolute Gasteiger partial charge is 0.267 e. The molecular weight excluding hydrogens is 348 g/mol. The molecule has 3 rings (SSSR count). The van der Waals surface area contributed by atoms with Crippen LogP contribution in [0, 0.1) is 13.8 Å². The van der Waals surface area contributed by atoms with Gasteiger partial charge in [0, 0.05) is 21.8 Å². The monoisotopic (exact) mass is 366 g/mol. The molecule has 1 amide bonds. The summed E-state index contributed by atoms with van der Waals surface area (Å²) in [6, 6.07) is 16.7. The van der Waals surface area contributed by atoms with E-state index in [0.717, 1.165) is 22.5 Å². The van der Waals surface area contributed by atoms with Crippen LogP contribution < -0.4 is 5.43 Å². The molecule has 3 aromatic rings. The number of aryl methyl sites for hydroxylation is 1. The number of hydrazone groups is 1. The maximum atomic E-state index is 12.0. The molecule has 2 aromatic carbocycles. The van der Waals surface area contributed by atoms with Gasteiger partial charge in [-0.05, 0) is 37.6 Å². The first-order valence-corrected chi connectivity index (χ1v) is 8.60. The Kier molecular flexibility index (Phi) is 5.49. The summed E-state index contributed by atoms with van der Waals surface area (Å²) >= 11 is 6.23. The van der Waals surface area contributed by atoms with Gasteiger partial charge in [-0.25, -0.2) is 5.43 Å². The second kappa shape index (κ2) is 7.97. The highest BCUT2D eigenvalue weighted by Crippen LogP contribution is 2.18. The number of rotatable bonds is 5. The summed E-state index contributed by atoms with van der Waals surface area (Å²) in [6.45, 7) is 4.46. The predicted octanol–water partition coefficient (Wildman–Crippen LogP) is 3.97. The average Bonchev–Trinajstić information content (AvgIpc) is 2.91. The number of aromatic nitrogens is 2. The van der Waals surface area contributed by atoms with E-state index in [1.165, 1.54) is 0 Å². The Bertz CT molecular complexity index is 948. The van der Waals surface area contributed by atoms with Gasteiger partial charge in [-0.3, -0.25) is 9.48 Å². The standard InChI is InChI=1S/C20H19ClN4O/c1-14-18(12-22-23-20(26)16-8-4-3-5-9-16)15(2)25(24-14)13-17-10-6-7-11-19(17)21/h3-12H,13H2,1-2H3,(H,23,26)/b22-12-. The van der Waals surface area contributed by atoms with E-state index >= 15 is 0 Å². The second-order valence-corrected chi connectivity index (χ2v) is 6.31. The quantitative estimate of drug-likeness (QED) is 0.548. The number of benzene rings is 2. The van der Waals surface area contributed by atoms with Gasteiger partial charge in [0.25, 0.3) is 5.91 Å². The summed E-state index contributed by atoms with van der Waals surface area (Å²) in [4.78, 5) is 12.0. The van der Waals surface area contributed by atoms with Crippen molar-refractivity contribution in [3.05, 3.63) is 87.7 Å². The summed E-state index contributed by atoms with van der Waals surface area (Å²) in [5, 5.41) is 9.34. The highest BCUT2D eigenvalue weighted by Gasteiger charge is 2.11. The Hall–Kier alpha value is -2.92. The van der Waals surface area contributed by atoms with Gasteiger partial charge in [-0.15, -0.1) is 0 Å². The van der Waals surface area contributed by atoms with Gasteiger partial charge >= 0.3 is 0 Å². The van der Waals surface area contributed by atoms with Crippen LogP contribution in [0.5, 0.6) is 0 Å². The third-order valence-corrected chi connectivity index (χ3v) is 4.48. The minimum Gasteiger partial charge on any atom is -0.267 e. The van der Waals surface area contributed by atoms with Crippen molar-refractivity contribution in [1.82, 2.24) is 15.2 Å². The molecule has 0 spiro atoms. The number of hydrogen-bond donors (Lipinski definition) is 1. The summed E-state index contributed by atoms with van der Waals surface area (Å²) in [6.07, 6.45) is 1.63. The van der Waals surface area contributed by atoms with Crippen LogP contribution in [0.2, 0.25) is 5.02 Å². The Morgan fingerprint density at radius 1 is 1.15 bits per heavy atom. The van der Waals surface area contributed by atoms with Crippen molar-refractivity contribution in [3.63, 3.8) is 0 Å². The molecule has 0 aliphatic rings. The Morgan fingerprint density at radius 3 is 2.58 bits per heavy atom. The van der Waals surface area contributed by atoms with Gasteiger partial charge in [-0.1, -0.05) is 48.0 Å². The molecule has 1 aromatic heterocycles. The molecule has 0 saturated carbocycles. The van der Waals surface area contributed by atoms with E-state index in [1.807, 2.05) is 61.0 Å². The van der Waals surface area contributed by atoms with Crippen LogP contribution in [0.25, 0.3) is 0 Å². The lowest BCUT2D eigenvalue weighted by Crippen LogP contribution is -2.17. The molecule has 0 fully saturated rings. The fraction of sp³-hybridized carbons (Fsp3) is 0.150. The molecule has 0 unspecified atom stereocenters. The lowest BCUT2D eigenvalue weighted by atomic mass is 10.2. The molecule has 132 valence electrons. The van der Waals surface area contributed by atoms with Crippen molar-refractivity contribution in [2.45, 2.75) is 20.4 Å². The zero-order chi connectivity index (χ0) is 18.5. The molecule has 0 aliphatic carbocycles. The van der Waals surface area contributed by atoms with E-state index in [1.54, 1.807) is 18.3 Å². The molecule has 0 aliphatic heterocycles. The number of nitrogens with one attached hydrogen (secondary N) is 1. The molecule has 0 saturated heterocycles. The molecule has 26 heavy (non-hydrogen) atoms. The maximum Gasteiger partial charge on any atom is 0.271 e. The molecule has 0 radical (unpaired) electrons. The molecule has 0 bridgehead atoms. The van der Waals surface area contributed by atoms with E-state index in [0.29, 0.717) is 17.1 Å². The van der Waals surface area contributed by atoms with E-state index in [-0.39, 0.29) is 5.91 Å². The summed E-state index contributed by atoms with van der Waals surface area (Å²) < 4.78 is 1.89. The molecule has 6 heteroatoms. The molecule has 0 atom stereocenters. The third-order valence-electron chi connectivity index (χ3n) is 4.11. The van der Waals surface area contributed by atoms with Gasteiger partial charge in [0.05, 0.1) is 18.5 Å². The molecule has 1 heterocycles. The van der Waals surface area contributed by atoms with Crippen LogP contribution in [0.1, 0.15) is 32.9 Å². The van der Waals surface area contributed by atoms with Crippen molar-refractivity contribution in [2.75, 3.05) is 0 Å². The molecule has 5 nitrogen and oxygen atoms in total. The number of halogens is 1. The van der Waals surface area contributed by atoms with Gasteiger partial charge in [0.1, 0.15) is 0 Å². The van der Waals surface area contributed by atoms with Crippen molar-refractivity contribution < 1.29 is 4.79 Å².